The summed E-state index contributed by atoms with van der Waals surface area (Å²) in [6.07, 6.45) is 0. The van der Waals surface area contributed by atoms with E-state index in [1.54, 1.807) is 49.4 Å². The van der Waals surface area contributed by atoms with Crippen molar-refractivity contribution >= 4 is 38.9 Å². The summed E-state index contributed by atoms with van der Waals surface area (Å²) < 4.78 is 28.0. The molecule has 0 aliphatic rings. The zero-order valence-corrected chi connectivity index (χ0v) is 19.2. The fourth-order valence-corrected chi connectivity index (χ4v) is 4.71. The molecule has 0 unspecified atom stereocenters. The Bertz CT molecular complexity index is 1230. The Labute approximate surface area is 192 Å². The van der Waals surface area contributed by atoms with E-state index in [0.29, 0.717) is 16.3 Å². The topological polar surface area (TPSA) is 95.9 Å². The Morgan fingerprint density at radius 2 is 1.66 bits per heavy atom. The monoisotopic (exact) mass is 471 g/mol. The van der Waals surface area contributed by atoms with Gasteiger partial charge in [-0.2, -0.15) is 0 Å². The normalized spacial score (nSPS) is 11.1. The van der Waals surface area contributed by atoms with Crippen molar-refractivity contribution in [3.8, 4) is 0 Å². The summed E-state index contributed by atoms with van der Waals surface area (Å²) >= 11 is 6.23. The molecule has 1 N–H and O–H groups in total. The Kier molecular flexibility index (Phi) is 7.27. The van der Waals surface area contributed by atoms with Crippen molar-refractivity contribution < 1.29 is 13.2 Å². The maximum atomic E-state index is 13.5. The van der Waals surface area contributed by atoms with Gasteiger partial charge in [0.05, 0.1) is 10.6 Å². The van der Waals surface area contributed by atoms with Crippen LogP contribution >= 0.6 is 11.6 Å². The minimum Gasteiger partial charge on any atom is -0.350 e. The van der Waals surface area contributed by atoms with Crippen LogP contribution in [0.15, 0.2) is 76.8 Å². The van der Waals surface area contributed by atoms with Crippen molar-refractivity contribution in [3.05, 3.63) is 93.4 Å². The van der Waals surface area contributed by atoms with Crippen molar-refractivity contribution in [2.24, 2.45) is 5.18 Å². The van der Waals surface area contributed by atoms with Gasteiger partial charge >= 0.3 is 0 Å². The molecule has 0 fully saturated rings. The van der Waals surface area contributed by atoms with Crippen molar-refractivity contribution in [3.63, 3.8) is 0 Å². The van der Waals surface area contributed by atoms with Crippen LogP contribution in [-0.2, 0) is 21.4 Å². The average molecular weight is 472 g/mol. The van der Waals surface area contributed by atoms with E-state index in [4.69, 9.17) is 11.6 Å². The third-order valence-electron chi connectivity index (χ3n) is 4.94. The molecule has 3 aromatic carbocycles. The standard InChI is InChI=1S/C23H22ClN3O4S/c1-16-6-12-20(13-7-16)32(30,31)27(22-5-3-4-21(24)17(22)2)15-23(28)25-14-18-8-10-19(26-29)11-9-18/h3-13H,14-15H2,1-2H3,(H,25,28). The van der Waals surface area contributed by atoms with Crippen LogP contribution in [0.1, 0.15) is 16.7 Å². The van der Waals surface area contributed by atoms with Crippen LogP contribution in [0.25, 0.3) is 0 Å². The first-order chi connectivity index (χ1) is 15.2. The molecule has 0 spiro atoms. The first kappa shape index (κ1) is 23.4. The highest BCUT2D eigenvalue weighted by Gasteiger charge is 2.28. The van der Waals surface area contributed by atoms with Crippen LogP contribution in [0.5, 0.6) is 0 Å². The average Bonchev–Trinajstić information content (AvgIpc) is 2.78. The fourth-order valence-electron chi connectivity index (χ4n) is 3.07. The second kappa shape index (κ2) is 9.93. The Morgan fingerprint density at radius 3 is 2.28 bits per heavy atom. The molecule has 0 bridgehead atoms. The number of nitroso groups, excluding NO2 is 1. The molecule has 166 valence electrons. The molecular formula is C23H22ClN3O4S. The largest absolute Gasteiger partial charge is 0.350 e. The number of rotatable bonds is 8. The minimum atomic E-state index is -4.03. The molecule has 3 rings (SSSR count). The molecule has 0 aliphatic carbocycles. The minimum absolute atomic E-state index is 0.0761. The molecule has 1 amide bonds. The number of aryl methyl sites for hydroxylation is 1. The highest BCUT2D eigenvalue weighted by atomic mass is 35.5. The number of halogens is 1. The van der Waals surface area contributed by atoms with Gasteiger partial charge < -0.3 is 5.32 Å². The van der Waals surface area contributed by atoms with Crippen LogP contribution in [-0.4, -0.2) is 20.9 Å². The number of hydrogen-bond acceptors (Lipinski definition) is 5. The predicted octanol–water partition coefficient (Wildman–Crippen LogP) is 4.87. The lowest BCUT2D eigenvalue weighted by Crippen LogP contribution is -2.41. The molecule has 3 aromatic rings. The lowest BCUT2D eigenvalue weighted by molar-refractivity contribution is -0.119. The van der Waals surface area contributed by atoms with Crippen molar-refractivity contribution in [2.75, 3.05) is 10.8 Å². The van der Waals surface area contributed by atoms with E-state index >= 15 is 0 Å². The molecular weight excluding hydrogens is 450 g/mol. The molecule has 32 heavy (non-hydrogen) atoms. The molecule has 0 aliphatic heterocycles. The van der Waals surface area contributed by atoms with Gasteiger partial charge in [0, 0.05) is 11.6 Å². The highest BCUT2D eigenvalue weighted by Crippen LogP contribution is 2.30. The van der Waals surface area contributed by atoms with Gasteiger partial charge in [0.15, 0.2) is 0 Å². The summed E-state index contributed by atoms with van der Waals surface area (Å²) in [5.41, 5.74) is 2.83. The van der Waals surface area contributed by atoms with Gasteiger partial charge in [0.25, 0.3) is 10.0 Å². The first-order valence-corrected chi connectivity index (χ1v) is 11.6. The fraction of sp³-hybridized carbons (Fsp3) is 0.174. The lowest BCUT2D eigenvalue weighted by Gasteiger charge is -2.26. The highest BCUT2D eigenvalue weighted by molar-refractivity contribution is 7.92. The van der Waals surface area contributed by atoms with Crippen LogP contribution in [0, 0.1) is 18.8 Å². The molecule has 0 saturated heterocycles. The number of amides is 1. The number of nitrogens with zero attached hydrogens (tertiary/aromatic N) is 2. The molecule has 0 aromatic heterocycles. The quantitative estimate of drug-likeness (QED) is 0.474. The summed E-state index contributed by atoms with van der Waals surface area (Å²) in [6, 6.07) is 17.8. The second-order valence-corrected chi connectivity index (χ2v) is 9.51. The van der Waals surface area contributed by atoms with E-state index < -0.39 is 22.5 Å². The maximum Gasteiger partial charge on any atom is 0.264 e. The summed E-state index contributed by atoms with van der Waals surface area (Å²) in [5.74, 6) is -0.488. The number of carbonyl (C=O) groups excluding carboxylic acids is 1. The Morgan fingerprint density at radius 1 is 1.00 bits per heavy atom. The zero-order chi connectivity index (χ0) is 23.3. The number of nitrogens with one attached hydrogen (secondary N) is 1. The maximum absolute atomic E-state index is 13.5. The van der Waals surface area contributed by atoms with E-state index in [0.717, 1.165) is 15.4 Å². The predicted molar refractivity (Wildman–Crippen MR) is 126 cm³/mol. The third-order valence-corrected chi connectivity index (χ3v) is 7.12. The van der Waals surface area contributed by atoms with Crippen LogP contribution in [0.4, 0.5) is 11.4 Å². The first-order valence-electron chi connectivity index (χ1n) is 9.76. The summed E-state index contributed by atoms with van der Waals surface area (Å²) in [5, 5.41) is 5.95. The molecule has 0 heterocycles. The SMILES string of the molecule is Cc1ccc(S(=O)(=O)N(CC(=O)NCc2ccc(N=O)cc2)c2cccc(Cl)c2C)cc1. The lowest BCUT2D eigenvalue weighted by atomic mass is 10.2. The molecule has 0 saturated carbocycles. The second-order valence-electron chi connectivity index (χ2n) is 7.24. The van der Waals surface area contributed by atoms with Gasteiger partial charge in [-0.25, -0.2) is 8.42 Å². The summed E-state index contributed by atoms with van der Waals surface area (Å²) in [4.78, 5) is 23.3. The van der Waals surface area contributed by atoms with Gasteiger partial charge in [-0.3, -0.25) is 9.10 Å². The van der Waals surface area contributed by atoms with E-state index in [1.807, 2.05) is 6.92 Å². The van der Waals surface area contributed by atoms with Crippen LogP contribution < -0.4 is 9.62 Å². The van der Waals surface area contributed by atoms with E-state index in [9.17, 15) is 18.1 Å². The number of carbonyl (C=O) groups is 1. The third kappa shape index (κ3) is 5.33. The summed E-state index contributed by atoms with van der Waals surface area (Å²) in [6.45, 7) is 3.31. The van der Waals surface area contributed by atoms with E-state index in [2.05, 4.69) is 10.5 Å². The molecule has 0 atom stereocenters. The number of hydrogen-bond donors (Lipinski definition) is 1. The number of anilines is 1. The van der Waals surface area contributed by atoms with Crippen LogP contribution in [0.3, 0.4) is 0 Å². The van der Waals surface area contributed by atoms with Crippen molar-refractivity contribution in [2.45, 2.75) is 25.3 Å². The van der Waals surface area contributed by atoms with Gasteiger partial charge in [-0.05, 0) is 66.5 Å². The summed E-state index contributed by atoms with van der Waals surface area (Å²) in [7, 11) is -4.03. The van der Waals surface area contributed by atoms with Gasteiger partial charge in [-0.1, -0.05) is 47.5 Å². The van der Waals surface area contributed by atoms with E-state index in [-0.39, 0.29) is 17.1 Å². The molecule has 0 radical (unpaired) electrons. The van der Waals surface area contributed by atoms with Gasteiger partial charge in [0.1, 0.15) is 12.2 Å². The zero-order valence-electron chi connectivity index (χ0n) is 17.6. The van der Waals surface area contributed by atoms with Gasteiger partial charge in [0.2, 0.25) is 5.91 Å². The van der Waals surface area contributed by atoms with Gasteiger partial charge in [-0.15, -0.1) is 4.91 Å². The van der Waals surface area contributed by atoms with Crippen molar-refractivity contribution in [1.82, 2.24) is 5.32 Å². The van der Waals surface area contributed by atoms with E-state index in [1.165, 1.54) is 24.3 Å². The number of benzene rings is 3. The number of sulfonamides is 1. The molecule has 7 nitrogen and oxygen atoms in total. The Balaban J connectivity index is 1.88. The Hall–Kier alpha value is -3.23. The molecule has 9 heteroatoms. The smallest absolute Gasteiger partial charge is 0.264 e. The van der Waals surface area contributed by atoms with Crippen LogP contribution in [0.2, 0.25) is 5.02 Å². The van der Waals surface area contributed by atoms with Crippen molar-refractivity contribution in [1.29, 1.82) is 0 Å².